The molecule has 0 atom stereocenters. The van der Waals surface area contributed by atoms with Crippen molar-refractivity contribution in [2.45, 2.75) is 39.7 Å². The first-order valence-corrected chi connectivity index (χ1v) is 7.11. The van der Waals surface area contributed by atoms with Gasteiger partial charge >= 0.3 is 0 Å². The Morgan fingerprint density at radius 3 is 2.48 bits per heavy atom. The third-order valence-electron chi connectivity index (χ3n) is 3.13. The summed E-state index contributed by atoms with van der Waals surface area (Å²) in [7, 11) is 0. The molecule has 1 rings (SSSR count). The van der Waals surface area contributed by atoms with Gasteiger partial charge in [0.15, 0.2) is 0 Å². The Morgan fingerprint density at radius 2 is 1.95 bits per heavy atom. The number of carbonyl (C=O) groups excluding carboxylic acids is 2. The van der Waals surface area contributed by atoms with Crippen LogP contribution in [0.3, 0.4) is 0 Å². The number of aromatic nitrogens is 1. The first kappa shape index (κ1) is 16.9. The Bertz CT molecular complexity index is 510. The summed E-state index contributed by atoms with van der Waals surface area (Å²) >= 11 is 0. The van der Waals surface area contributed by atoms with E-state index in [4.69, 9.17) is 5.73 Å². The third-order valence-corrected chi connectivity index (χ3v) is 3.13. The van der Waals surface area contributed by atoms with Crippen molar-refractivity contribution in [1.82, 2.24) is 9.88 Å². The van der Waals surface area contributed by atoms with E-state index in [9.17, 15) is 9.59 Å². The van der Waals surface area contributed by atoms with E-state index >= 15 is 0 Å². The molecule has 6 heteroatoms. The highest BCUT2D eigenvalue weighted by molar-refractivity contribution is 5.93. The van der Waals surface area contributed by atoms with E-state index in [0.29, 0.717) is 18.8 Å². The number of nitrogens with zero attached hydrogens (tertiary/aromatic N) is 2. The summed E-state index contributed by atoms with van der Waals surface area (Å²) < 4.78 is 0. The lowest BCUT2D eigenvalue weighted by molar-refractivity contribution is -0.118. The fraction of sp³-hybridized carbons (Fsp3) is 0.533. The molecule has 0 aliphatic heterocycles. The number of hydrogen-bond donors (Lipinski definition) is 2. The van der Waals surface area contributed by atoms with E-state index in [1.54, 1.807) is 23.2 Å². The Hall–Kier alpha value is -2.11. The highest BCUT2D eigenvalue weighted by Crippen LogP contribution is 2.18. The van der Waals surface area contributed by atoms with E-state index in [2.05, 4.69) is 10.3 Å². The van der Waals surface area contributed by atoms with Crippen LogP contribution < -0.4 is 11.1 Å². The van der Waals surface area contributed by atoms with Crippen LogP contribution in [0.1, 0.15) is 44.6 Å². The summed E-state index contributed by atoms with van der Waals surface area (Å²) in [6.07, 6.45) is 1.79. The molecular weight excluding hydrogens is 268 g/mol. The van der Waals surface area contributed by atoms with Crippen LogP contribution in [-0.2, 0) is 4.79 Å². The molecule has 1 aromatic heterocycles. The number of hydrogen-bond acceptors (Lipinski definition) is 4. The summed E-state index contributed by atoms with van der Waals surface area (Å²) in [6.45, 7) is 8.90. The second kappa shape index (κ2) is 7.06. The van der Waals surface area contributed by atoms with Gasteiger partial charge in [0, 0.05) is 36.9 Å². The molecule has 1 aromatic rings. The minimum Gasteiger partial charge on any atom is -0.380 e. The largest absolute Gasteiger partial charge is 0.380 e. The summed E-state index contributed by atoms with van der Waals surface area (Å²) in [5.41, 5.74) is 5.88. The van der Waals surface area contributed by atoms with Gasteiger partial charge in [-0.15, -0.1) is 0 Å². The van der Waals surface area contributed by atoms with Gasteiger partial charge in [0.25, 0.3) is 5.91 Å². The molecule has 0 radical (unpaired) electrons. The Kier molecular flexibility index (Phi) is 5.69. The topological polar surface area (TPSA) is 88.3 Å². The Labute approximate surface area is 125 Å². The third kappa shape index (κ3) is 5.06. The number of amides is 2. The van der Waals surface area contributed by atoms with E-state index in [0.717, 1.165) is 5.69 Å². The van der Waals surface area contributed by atoms with Crippen LogP contribution in [-0.4, -0.2) is 40.3 Å². The molecule has 3 N–H and O–H groups in total. The molecule has 0 aromatic carbocycles. The number of carbonyl (C=O) groups is 2. The van der Waals surface area contributed by atoms with Crippen molar-refractivity contribution in [3.8, 4) is 0 Å². The zero-order chi connectivity index (χ0) is 16.0. The molecule has 0 aliphatic rings. The molecule has 6 nitrogen and oxygen atoms in total. The molecule has 0 spiro atoms. The molecule has 0 aliphatic carbocycles. The van der Waals surface area contributed by atoms with Crippen molar-refractivity contribution >= 4 is 17.5 Å². The van der Waals surface area contributed by atoms with Crippen molar-refractivity contribution in [1.29, 1.82) is 0 Å². The zero-order valence-corrected chi connectivity index (χ0v) is 13.1. The molecular formula is C15H24N4O2. The molecule has 2 amide bonds. The number of pyridine rings is 1. The monoisotopic (exact) mass is 292 g/mol. The van der Waals surface area contributed by atoms with E-state index in [1.807, 2.05) is 27.7 Å². The second-order valence-electron chi connectivity index (χ2n) is 5.56. The Balaban J connectivity index is 2.90. The maximum absolute atomic E-state index is 12.3. The lowest BCUT2D eigenvalue weighted by atomic mass is 10.00. The van der Waals surface area contributed by atoms with Gasteiger partial charge in [0.1, 0.15) is 5.69 Å². The fourth-order valence-electron chi connectivity index (χ4n) is 2.17. The minimum absolute atomic E-state index is 0.101. The van der Waals surface area contributed by atoms with Crippen LogP contribution in [0.2, 0.25) is 0 Å². The average molecular weight is 292 g/mol. The highest BCUT2D eigenvalue weighted by Gasteiger charge is 2.21. The molecule has 0 saturated heterocycles. The second-order valence-corrected chi connectivity index (χ2v) is 5.56. The average Bonchev–Trinajstić information content (AvgIpc) is 2.38. The van der Waals surface area contributed by atoms with E-state index in [1.165, 1.54) is 0 Å². The number of nitrogens with two attached hydrogens (primary N) is 1. The fourth-order valence-corrected chi connectivity index (χ4v) is 2.17. The maximum Gasteiger partial charge on any atom is 0.272 e. The standard InChI is InChI=1S/C15H24N4O2/c1-5-19(6-2)14(21)12-9-11(7-8-17-12)18-15(3,4)10-13(16)20/h7-9H,5-6,10H2,1-4H3,(H2,16,20)(H,17,18). The summed E-state index contributed by atoms with van der Waals surface area (Å²) in [6, 6.07) is 3.46. The van der Waals surface area contributed by atoms with E-state index < -0.39 is 5.54 Å². The first-order valence-electron chi connectivity index (χ1n) is 7.11. The maximum atomic E-state index is 12.3. The molecule has 0 bridgehead atoms. The van der Waals surface area contributed by atoms with Gasteiger partial charge in [-0.1, -0.05) is 0 Å². The molecule has 116 valence electrons. The predicted molar refractivity (Wildman–Crippen MR) is 83.0 cm³/mol. The van der Waals surface area contributed by atoms with Gasteiger partial charge in [-0.2, -0.15) is 0 Å². The summed E-state index contributed by atoms with van der Waals surface area (Å²) in [4.78, 5) is 29.2. The molecule has 1 heterocycles. The lowest BCUT2D eigenvalue weighted by Crippen LogP contribution is -2.36. The van der Waals surface area contributed by atoms with Crippen LogP contribution in [0, 0.1) is 0 Å². The van der Waals surface area contributed by atoms with Gasteiger partial charge < -0.3 is 16.0 Å². The van der Waals surface area contributed by atoms with Gasteiger partial charge in [0.2, 0.25) is 5.91 Å². The SMILES string of the molecule is CCN(CC)C(=O)c1cc(NC(C)(C)CC(N)=O)ccn1. The van der Waals surface area contributed by atoms with E-state index in [-0.39, 0.29) is 18.2 Å². The highest BCUT2D eigenvalue weighted by atomic mass is 16.2. The minimum atomic E-state index is -0.483. The number of primary amides is 1. The van der Waals surface area contributed by atoms with Gasteiger partial charge in [-0.3, -0.25) is 14.6 Å². The summed E-state index contributed by atoms with van der Waals surface area (Å²) in [5.74, 6) is -0.475. The smallest absolute Gasteiger partial charge is 0.272 e. The van der Waals surface area contributed by atoms with Crippen molar-refractivity contribution < 1.29 is 9.59 Å². The van der Waals surface area contributed by atoms with Crippen molar-refractivity contribution in [3.05, 3.63) is 24.0 Å². The lowest BCUT2D eigenvalue weighted by Gasteiger charge is -2.26. The van der Waals surface area contributed by atoms with Crippen LogP contribution in [0.25, 0.3) is 0 Å². The van der Waals surface area contributed by atoms with Crippen molar-refractivity contribution in [3.63, 3.8) is 0 Å². The normalized spacial score (nSPS) is 11.0. The van der Waals surface area contributed by atoms with Crippen LogP contribution >= 0.6 is 0 Å². The quantitative estimate of drug-likeness (QED) is 0.799. The van der Waals surface area contributed by atoms with Crippen LogP contribution in [0.5, 0.6) is 0 Å². The van der Waals surface area contributed by atoms with Gasteiger partial charge in [-0.05, 0) is 39.8 Å². The predicted octanol–water partition coefficient (Wildman–Crippen LogP) is 1.63. The van der Waals surface area contributed by atoms with Crippen LogP contribution in [0.4, 0.5) is 5.69 Å². The summed E-state index contributed by atoms with van der Waals surface area (Å²) in [5, 5.41) is 3.21. The molecule has 21 heavy (non-hydrogen) atoms. The Morgan fingerprint density at radius 1 is 1.33 bits per heavy atom. The van der Waals surface area contributed by atoms with Gasteiger partial charge in [-0.25, -0.2) is 0 Å². The van der Waals surface area contributed by atoms with Crippen molar-refractivity contribution in [2.75, 3.05) is 18.4 Å². The molecule has 0 unspecified atom stereocenters. The first-order chi connectivity index (χ1) is 9.79. The number of nitrogens with one attached hydrogen (secondary N) is 1. The van der Waals surface area contributed by atoms with Crippen molar-refractivity contribution in [2.24, 2.45) is 5.73 Å². The number of anilines is 1. The van der Waals surface area contributed by atoms with Crippen LogP contribution in [0.15, 0.2) is 18.3 Å². The van der Waals surface area contributed by atoms with Gasteiger partial charge in [0.05, 0.1) is 0 Å². The molecule has 0 saturated carbocycles. The number of rotatable bonds is 7. The zero-order valence-electron chi connectivity index (χ0n) is 13.1. The molecule has 0 fully saturated rings.